The Labute approximate surface area is 96.1 Å². The average molecular weight is 219 g/mol. The van der Waals surface area contributed by atoms with Crippen molar-refractivity contribution < 1.29 is 9.59 Å². The van der Waals surface area contributed by atoms with Gasteiger partial charge in [0.1, 0.15) is 11.7 Å². The monoisotopic (exact) mass is 219 g/mol. The van der Waals surface area contributed by atoms with E-state index in [-0.39, 0.29) is 11.7 Å². The van der Waals surface area contributed by atoms with E-state index >= 15 is 0 Å². The Morgan fingerprint density at radius 1 is 1.19 bits per heavy atom. The van der Waals surface area contributed by atoms with Crippen molar-refractivity contribution in [2.45, 2.75) is 19.8 Å². The van der Waals surface area contributed by atoms with Crippen molar-refractivity contribution in [2.24, 2.45) is 0 Å². The van der Waals surface area contributed by atoms with E-state index in [1.807, 2.05) is 31.2 Å². The number of benzene rings is 1. The fourth-order valence-electron chi connectivity index (χ4n) is 1.69. The van der Waals surface area contributed by atoms with Crippen LogP contribution in [0.5, 0.6) is 0 Å². The number of Topliss-reactive ketones (excluding diaryl/α,β-unsaturated/α-hetero) is 1. The van der Waals surface area contributed by atoms with Crippen LogP contribution in [0.3, 0.4) is 0 Å². The fraction of sp³-hybridized carbons (Fsp3) is 0.385. The molecule has 0 spiro atoms. The summed E-state index contributed by atoms with van der Waals surface area (Å²) in [5.74, 6) is -0.953. The Morgan fingerprint density at radius 2 is 1.75 bits per heavy atom. The summed E-state index contributed by atoms with van der Waals surface area (Å²) < 4.78 is 0. The lowest BCUT2D eigenvalue weighted by Gasteiger charge is -2.20. The standard InChI is InChI=1S/C13H17NO2/c1-9-7-5-6-8-11(9)12(10(2)15)13(16)14(3)4/h5-8,12H,1-4H3. The van der Waals surface area contributed by atoms with E-state index in [9.17, 15) is 9.59 Å². The van der Waals surface area contributed by atoms with Crippen LogP contribution < -0.4 is 0 Å². The molecule has 0 aliphatic rings. The normalized spacial score (nSPS) is 12.0. The zero-order valence-electron chi connectivity index (χ0n) is 10.2. The predicted molar refractivity (Wildman–Crippen MR) is 63.3 cm³/mol. The molecule has 0 fully saturated rings. The highest BCUT2D eigenvalue weighted by Crippen LogP contribution is 2.22. The third-order valence-corrected chi connectivity index (χ3v) is 2.59. The SMILES string of the molecule is CC(=O)C(C(=O)N(C)C)c1ccccc1C. The average Bonchev–Trinajstić information content (AvgIpc) is 2.20. The van der Waals surface area contributed by atoms with Crippen molar-refractivity contribution in [1.29, 1.82) is 0 Å². The van der Waals surface area contributed by atoms with Gasteiger partial charge in [-0.25, -0.2) is 0 Å². The van der Waals surface area contributed by atoms with Crippen molar-refractivity contribution in [3.8, 4) is 0 Å². The molecule has 0 aromatic heterocycles. The van der Waals surface area contributed by atoms with Gasteiger partial charge < -0.3 is 4.90 Å². The quantitative estimate of drug-likeness (QED) is 0.726. The number of nitrogens with zero attached hydrogens (tertiary/aromatic N) is 1. The van der Waals surface area contributed by atoms with Gasteiger partial charge in [-0.2, -0.15) is 0 Å². The summed E-state index contributed by atoms with van der Waals surface area (Å²) in [6.07, 6.45) is 0. The number of hydrogen-bond acceptors (Lipinski definition) is 2. The molecule has 0 radical (unpaired) electrons. The maximum Gasteiger partial charge on any atom is 0.237 e. The Morgan fingerprint density at radius 3 is 2.19 bits per heavy atom. The first-order valence-corrected chi connectivity index (χ1v) is 5.22. The summed E-state index contributed by atoms with van der Waals surface area (Å²) in [4.78, 5) is 25.0. The van der Waals surface area contributed by atoms with E-state index in [1.165, 1.54) is 11.8 Å². The van der Waals surface area contributed by atoms with Crippen LogP contribution in [0.4, 0.5) is 0 Å². The van der Waals surface area contributed by atoms with Crippen LogP contribution >= 0.6 is 0 Å². The van der Waals surface area contributed by atoms with E-state index in [1.54, 1.807) is 14.1 Å². The molecule has 0 heterocycles. The molecular weight excluding hydrogens is 202 g/mol. The molecule has 1 unspecified atom stereocenters. The Balaban J connectivity index is 3.19. The summed E-state index contributed by atoms with van der Waals surface area (Å²) >= 11 is 0. The third-order valence-electron chi connectivity index (χ3n) is 2.59. The Kier molecular flexibility index (Phi) is 3.82. The van der Waals surface area contributed by atoms with Gasteiger partial charge in [-0.15, -0.1) is 0 Å². The highest BCUT2D eigenvalue weighted by atomic mass is 16.2. The summed E-state index contributed by atoms with van der Waals surface area (Å²) in [6.45, 7) is 3.37. The molecule has 1 amide bonds. The Hall–Kier alpha value is -1.64. The molecular formula is C13H17NO2. The van der Waals surface area contributed by atoms with E-state index in [0.717, 1.165) is 11.1 Å². The predicted octanol–water partition coefficient (Wildman–Crippen LogP) is 1.76. The van der Waals surface area contributed by atoms with E-state index < -0.39 is 5.92 Å². The highest BCUT2D eigenvalue weighted by molar-refractivity contribution is 6.05. The van der Waals surface area contributed by atoms with Gasteiger partial charge in [0.25, 0.3) is 0 Å². The van der Waals surface area contributed by atoms with E-state index in [2.05, 4.69) is 0 Å². The van der Waals surface area contributed by atoms with Crippen LogP contribution in [0, 0.1) is 6.92 Å². The first-order chi connectivity index (χ1) is 7.45. The van der Waals surface area contributed by atoms with Crippen LogP contribution in [0.2, 0.25) is 0 Å². The molecule has 86 valence electrons. The molecule has 0 N–H and O–H groups in total. The highest BCUT2D eigenvalue weighted by Gasteiger charge is 2.27. The molecule has 0 saturated heterocycles. The second-order valence-electron chi connectivity index (χ2n) is 4.13. The second kappa shape index (κ2) is 4.92. The number of rotatable bonds is 3. The maximum atomic E-state index is 11.9. The molecule has 1 rings (SSSR count). The van der Waals surface area contributed by atoms with Gasteiger partial charge in [0.2, 0.25) is 5.91 Å². The zero-order valence-corrected chi connectivity index (χ0v) is 10.2. The van der Waals surface area contributed by atoms with Gasteiger partial charge in [-0.3, -0.25) is 9.59 Å². The lowest BCUT2D eigenvalue weighted by atomic mass is 9.91. The van der Waals surface area contributed by atoms with Crippen LogP contribution in [-0.2, 0) is 9.59 Å². The molecule has 16 heavy (non-hydrogen) atoms. The largest absolute Gasteiger partial charge is 0.348 e. The van der Waals surface area contributed by atoms with Crippen LogP contribution in [0.15, 0.2) is 24.3 Å². The van der Waals surface area contributed by atoms with Gasteiger partial charge in [-0.05, 0) is 25.0 Å². The number of ketones is 1. The minimum atomic E-state index is -0.670. The van der Waals surface area contributed by atoms with Crippen LogP contribution in [0.1, 0.15) is 24.0 Å². The molecule has 0 aliphatic heterocycles. The lowest BCUT2D eigenvalue weighted by Crippen LogP contribution is -2.32. The second-order valence-corrected chi connectivity index (χ2v) is 4.13. The van der Waals surface area contributed by atoms with Gasteiger partial charge in [-0.1, -0.05) is 24.3 Å². The number of carbonyl (C=O) groups is 2. The van der Waals surface area contributed by atoms with Crippen molar-refractivity contribution in [3.63, 3.8) is 0 Å². The van der Waals surface area contributed by atoms with E-state index in [4.69, 9.17) is 0 Å². The first kappa shape index (κ1) is 12.4. The summed E-state index contributed by atoms with van der Waals surface area (Å²) in [5, 5.41) is 0. The first-order valence-electron chi connectivity index (χ1n) is 5.22. The van der Waals surface area contributed by atoms with Crippen molar-refractivity contribution >= 4 is 11.7 Å². The van der Waals surface area contributed by atoms with Gasteiger partial charge in [0.15, 0.2) is 0 Å². The molecule has 0 bridgehead atoms. The lowest BCUT2D eigenvalue weighted by molar-refractivity contribution is -0.135. The summed E-state index contributed by atoms with van der Waals surface area (Å²) in [6, 6.07) is 7.49. The van der Waals surface area contributed by atoms with Crippen molar-refractivity contribution in [2.75, 3.05) is 14.1 Å². The molecule has 1 aromatic carbocycles. The molecule has 0 aliphatic carbocycles. The molecule has 1 atom stereocenters. The van der Waals surface area contributed by atoms with Crippen LogP contribution in [-0.4, -0.2) is 30.7 Å². The van der Waals surface area contributed by atoms with Gasteiger partial charge >= 0.3 is 0 Å². The molecule has 3 nitrogen and oxygen atoms in total. The number of aryl methyl sites for hydroxylation is 1. The minimum Gasteiger partial charge on any atom is -0.348 e. The molecule has 3 heteroatoms. The summed E-state index contributed by atoms with van der Waals surface area (Å²) in [5.41, 5.74) is 1.77. The fourth-order valence-corrected chi connectivity index (χ4v) is 1.69. The maximum absolute atomic E-state index is 11.9. The number of likely N-dealkylation sites (N-methyl/N-ethyl adjacent to an activating group) is 1. The smallest absolute Gasteiger partial charge is 0.237 e. The van der Waals surface area contributed by atoms with Gasteiger partial charge in [0.05, 0.1) is 0 Å². The number of amides is 1. The summed E-state index contributed by atoms with van der Waals surface area (Å²) in [7, 11) is 3.33. The van der Waals surface area contributed by atoms with E-state index in [0.29, 0.717) is 0 Å². The molecule has 0 saturated carbocycles. The minimum absolute atomic E-state index is 0.118. The zero-order chi connectivity index (χ0) is 12.3. The van der Waals surface area contributed by atoms with Crippen molar-refractivity contribution in [1.82, 2.24) is 4.90 Å². The topological polar surface area (TPSA) is 37.4 Å². The third kappa shape index (κ3) is 2.48. The van der Waals surface area contributed by atoms with Gasteiger partial charge in [0, 0.05) is 14.1 Å². The van der Waals surface area contributed by atoms with Crippen molar-refractivity contribution in [3.05, 3.63) is 35.4 Å². The Bertz CT molecular complexity index is 410. The van der Waals surface area contributed by atoms with Crippen LogP contribution in [0.25, 0.3) is 0 Å². The number of hydrogen-bond donors (Lipinski definition) is 0. The molecule has 1 aromatic rings. The number of carbonyl (C=O) groups excluding carboxylic acids is 2.